The minimum Gasteiger partial charge on any atom is -0.465 e. The Kier molecular flexibility index (Phi) is 6.73. The predicted octanol–water partition coefficient (Wildman–Crippen LogP) is 4.95. The molecule has 0 aromatic heterocycles. The van der Waals surface area contributed by atoms with Crippen molar-refractivity contribution in [1.29, 1.82) is 0 Å². The van der Waals surface area contributed by atoms with Crippen LogP contribution in [0.15, 0.2) is 36.6 Å². The lowest BCUT2D eigenvalue weighted by molar-refractivity contribution is 0.0130. The number of benzene rings is 1. The van der Waals surface area contributed by atoms with Crippen LogP contribution in [-0.4, -0.2) is 12.7 Å². The average Bonchev–Trinajstić information content (AvgIpc) is 2.41. The van der Waals surface area contributed by atoms with Crippen molar-refractivity contribution in [3.05, 3.63) is 42.4 Å². The van der Waals surface area contributed by atoms with Gasteiger partial charge in [-0.3, -0.25) is 0 Å². The first kappa shape index (κ1) is 16.7. The number of allylic oxidation sites excluding steroid dienone is 1. The predicted molar refractivity (Wildman–Crippen MR) is 80.3 cm³/mol. The second kappa shape index (κ2) is 8.05. The van der Waals surface area contributed by atoms with E-state index in [9.17, 15) is 4.39 Å². The molecule has 0 spiro atoms. The Balaban J connectivity index is 2.26. The minimum atomic E-state index is -0.254. The van der Waals surface area contributed by atoms with Gasteiger partial charge in [0.2, 0.25) is 0 Å². The van der Waals surface area contributed by atoms with Gasteiger partial charge in [0.05, 0.1) is 11.9 Å². The number of methoxy groups -OCH3 is 1. The topological polar surface area (TPSA) is 18.5 Å². The maximum absolute atomic E-state index is 12.7. The molecule has 3 heteroatoms. The number of hydrogen-bond donors (Lipinski definition) is 0. The van der Waals surface area contributed by atoms with Gasteiger partial charge in [-0.2, -0.15) is 0 Å². The molecule has 0 heterocycles. The zero-order valence-corrected chi connectivity index (χ0v) is 12.9. The SMILES string of the molecule is COC(C)(C)CCCC(C)/C=C/Oc1ccc(F)cc1. The number of hydrogen-bond acceptors (Lipinski definition) is 2. The molecule has 1 aromatic rings. The lowest BCUT2D eigenvalue weighted by atomic mass is 9.97. The quantitative estimate of drug-likeness (QED) is 0.627. The number of ether oxygens (including phenoxy) is 2. The smallest absolute Gasteiger partial charge is 0.126 e. The lowest BCUT2D eigenvalue weighted by Crippen LogP contribution is -2.22. The summed E-state index contributed by atoms with van der Waals surface area (Å²) in [6.45, 7) is 6.36. The Labute approximate surface area is 121 Å². The van der Waals surface area contributed by atoms with Crippen LogP contribution in [0.3, 0.4) is 0 Å². The molecule has 0 aliphatic rings. The van der Waals surface area contributed by atoms with E-state index in [1.165, 1.54) is 12.1 Å². The highest BCUT2D eigenvalue weighted by atomic mass is 19.1. The van der Waals surface area contributed by atoms with Crippen LogP contribution >= 0.6 is 0 Å². The van der Waals surface area contributed by atoms with E-state index in [0.29, 0.717) is 11.7 Å². The molecule has 0 amide bonds. The van der Waals surface area contributed by atoms with Gasteiger partial charge in [0, 0.05) is 7.11 Å². The van der Waals surface area contributed by atoms with Gasteiger partial charge >= 0.3 is 0 Å². The fraction of sp³-hybridized carbons (Fsp3) is 0.529. The summed E-state index contributed by atoms with van der Waals surface area (Å²) in [5.74, 6) is 0.842. The molecule has 1 rings (SSSR count). The van der Waals surface area contributed by atoms with Gasteiger partial charge in [0.1, 0.15) is 11.6 Å². The normalized spacial score (nSPS) is 13.7. The molecule has 2 nitrogen and oxygen atoms in total. The van der Waals surface area contributed by atoms with E-state index in [4.69, 9.17) is 9.47 Å². The first-order chi connectivity index (χ1) is 9.43. The van der Waals surface area contributed by atoms with E-state index in [1.807, 2.05) is 6.08 Å². The molecule has 1 unspecified atom stereocenters. The van der Waals surface area contributed by atoms with Crippen molar-refractivity contribution in [2.45, 2.75) is 45.6 Å². The zero-order valence-electron chi connectivity index (χ0n) is 12.9. The molecule has 1 atom stereocenters. The van der Waals surface area contributed by atoms with E-state index in [1.54, 1.807) is 25.5 Å². The summed E-state index contributed by atoms with van der Waals surface area (Å²) in [5, 5.41) is 0. The largest absolute Gasteiger partial charge is 0.465 e. The van der Waals surface area contributed by atoms with Crippen LogP contribution in [0.5, 0.6) is 5.75 Å². The van der Waals surface area contributed by atoms with E-state index in [-0.39, 0.29) is 11.4 Å². The molecule has 20 heavy (non-hydrogen) atoms. The van der Waals surface area contributed by atoms with Gasteiger partial charge in [0.25, 0.3) is 0 Å². The van der Waals surface area contributed by atoms with Crippen molar-refractivity contribution in [3.8, 4) is 5.75 Å². The first-order valence-corrected chi connectivity index (χ1v) is 7.07. The van der Waals surface area contributed by atoms with Gasteiger partial charge in [-0.1, -0.05) is 13.3 Å². The van der Waals surface area contributed by atoms with Crippen molar-refractivity contribution < 1.29 is 13.9 Å². The Bertz CT molecular complexity index is 410. The molecule has 0 fully saturated rings. The highest BCUT2D eigenvalue weighted by Crippen LogP contribution is 2.19. The fourth-order valence-electron chi connectivity index (χ4n) is 1.81. The first-order valence-electron chi connectivity index (χ1n) is 7.07. The Hall–Kier alpha value is -1.35. The van der Waals surface area contributed by atoms with Crippen molar-refractivity contribution in [2.24, 2.45) is 5.92 Å². The molecule has 0 radical (unpaired) electrons. The molecule has 0 N–H and O–H groups in total. The van der Waals surface area contributed by atoms with Crippen molar-refractivity contribution in [1.82, 2.24) is 0 Å². The summed E-state index contributed by atoms with van der Waals surface area (Å²) in [5.41, 5.74) is -0.0476. The summed E-state index contributed by atoms with van der Waals surface area (Å²) in [6, 6.07) is 6.01. The average molecular weight is 280 g/mol. The molecule has 0 aliphatic heterocycles. The molecular formula is C17H25FO2. The maximum Gasteiger partial charge on any atom is 0.126 e. The number of rotatable bonds is 8. The molecule has 0 aliphatic carbocycles. The zero-order chi connectivity index (χ0) is 15.0. The van der Waals surface area contributed by atoms with Crippen LogP contribution in [0, 0.1) is 11.7 Å². The van der Waals surface area contributed by atoms with E-state index >= 15 is 0 Å². The lowest BCUT2D eigenvalue weighted by Gasteiger charge is -2.23. The standard InChI is InChI=1S/C17H25FO2/c1-14(6-5-12-17(2,3)19-4)11-13-20-16-9-7-15(18)8-10-16/h7-11,13-14H,5-6,12H2,1-4H3/b13-11+. The van der Waals surface area contributed by atoms with Crippen LogP contribution in [0.25, 0.3) is 0 Å². The van der Waals surface area contributed by atoms with Crippen LogP contribution in [-0.2, 0) is 4.74 Å². The molecular weight excluding hydrogens is 255 g/mol. The third-order valence-corrected chi connectivity index (χ3v) is 3.42. The molecule has 1 aromatic carbocycles. The minimum absolute atomic E-state index is 0.0476. The summed E-state index contributed by atoms with van der Waals surface area (Å²) >= 11 is 0. The van der Waals surface area contributed by atoms with Crippen molar-refractivity contribution in [2.75, 3.05) is 7.11 Å². The molecule has 0 bridgehead atoms. The summed E-state index contributed by atoms with van der Waals surface area (Å²) in [4.78, 5) is 0. The Morgan fingerprint density at radius 3 is 2.50 bits per heavy atom. The van der Waals surface area contributed by atoms with Crippen molar-refractivity contribution >= 4 is 0 Å². The van der Waals surface area contributed by atoms with Crippen LogP contribution < -0.4 is 4.74 Å². The number of halogens is 1. The summed E-state index contributed by atoms with van der Waals surface area (Å²) < 4.78 is 23.5. The Morgan fingerprint density at radius 2 is 1.90 bits per heavy atom. The van der Waals surface area contributed by atoms with Gasteiger partial charge in [-0.15, -0.1) is 0 Å². The highest BCUT2D eigenvalue weighted by molar-refractivity contribution is 5.22. The second-order valence-electron chi connectivity index (χ2n) is 5.73. The van der Waals surface area contributed by atoms with E-state index in [0.717, 1.165) is 19.3 Å². The summed E-state index contributed by atoms with van der Waals surface area (Å²) in [6.07, 6.45) is 6.96. The van der Waals surface area contributed by atoms with Gasteiger partial charge in [-0.05, 0) is 62.9 Å². The van der Waals surface area contributed by atoms with E-state index in [2.05, 4.69) is 20.8 Å². The van der Waals surface area contributed by atoms with Gasteiger partial charge < -0.3 is 9.47 Å². The van der Waals surface area contributed by atoms with Crippen LogP contribution in [0.1, 0.15) is 40.0 Å². The van der Waals surface area contributed by atoms with Gasteiger partial charge in [-0.25, -0.2) is 4.39 Å². The monoisotopic (exact) mass is 280 g/mol. The molecule has 0 saturated carbocycles. The van der Waals surface area contributed by atoms with E-state index < -0.39 is 0 Å². The maximum atomic E-state index is 12.7. The Morgan fingerprint density at radius 1 is 1.25 bits per heavy atom. The fourth-order valence-corrected chi connectivity index (χ4v) is 1.81. The third-order valence-electron chi connectivity index (χ3n) is 3.42. The third kappa shape index (κ3) is 6.71. The summed E-state index contributed by atoms with van der Waals surface area (Å²) in [7, 11) is 1.75. The van der Waals surface area contributed by atoms with Crippen LogP contribution in [0.4, 0.5) is 4.39 Å². The molecule has 0 saturated heterocycles. The second-order valence-corrected chi connectivity index (χ2v) is 5.73. The highest BCUT2D eigenvalue weighted by Gasteiger charge is 2.15. The van der Waals surface area contributed by atoms with Gasteiger partial charge in [0.15, 0.2) is 0 Å². The van der Waals surface area contributed by atoms with Crippen molar-refractivity contribution in [3.63, 3.8) is 0 Å². The van der Waals surface area contributed by atoms with Crippen LogP contribution in [0.2, 0.25) is 0 Å². The molecule has 112 valence electrons.